The van der Waals surface area contributed by atoms with Gasteiger partial charge in [-0.25, -0.2) is 0 Å². The molecule has 0 atom stereocenters. The third kappa shape index (κ3) is 2.77. The lowest BCUT2D eigenvalue weighted by Gasteiger charge is -2.45. The number of aryl methyl sites for hydroxylation is 3. The molecule has 0 spiro atoms. The molecule has 2 aromatic rings. The summed E-state index contributed by atoms with van der Waals surface area (Å²) in [5.41, 5.74) is 4.80. The van der Waals surface area contributed by atoms with Crippen molar-refractivity contribution in [3.05, 3.63) is 64.7 Å². The standard InChI is InChI=1S/C18H21O3P/c1-5-18(17-14(3)11-13(2)12-15(17)4)20-22(21-18)19-16-9-7-6-8-10-16/h6-12H,5H2,1-4H3. The molecule has 4 heteroatoms. The molecule has 0 unspecified atom stereocenters. The topological polar surface area (TPSA) is 27.7 Å². The summed E-state index contributed by atoms with van der Waals surface area (Å²) >= 11 is 0. The maximum absolute atomic E-state index is 6.09. The van der Waals surface area contributed by atoms with Crippen molar-refractivity contribution in [1.82, 2.24) is 0 Å². The van der Waals surface area contributed by atoms with E-state index < -0.39 is 14.4 Å². The highest BCUT2D eigenvalue weighted by molar-refractivity contribution is 7.43. The SMILES string of the molecule is CCC1(c2c(C)cc(C)cc2C)OP(Oc2ccccc2)O1. The van der Waals surface area contributed by atoms with Crippen molar-refractivity contribution in [3.63, 3.8) is 0 Å². The Morgan fingerprint density at radius 2 is 1.59 bits per heavy atom. The fourth-order valence-electron chi connectivity index (χ4n) is 3.03. The van der Waals surface area contributed by atoms with Crippen LogP contribution in [-0.2, 0) is 14.8 Å². The smallest absolute Gasteiger partial charge is 0.403 e. The average Bonchev–Trinajstić information content (AvgIpc) is 2.44. The zero-order valence-electron chi connectivity index (χ0n) is 13.4. The molecule has 1 fully saturated rings. The van der Waals surface area contributed by atoms with Crippen LogP contribution in [0.4, 0.5) is 0 Å². The predicted octanol–water partition coefficient (Wildman–Crippen LogP) is 5.53. The van der Waals surface area contributed by atoms with E-state index in [2.05, 4.69) is 39.8 Å². The van der Waals surface area contributed by atoms with Gasteiger partial charge in [0.2, 0.25) is 5.79 Å². The Labute approximate surface area is 133 Å². The molecule has 0 saturated carbocycles. The van der Waals surface area contributed by atoms with E-state index in [1.807, 2.05) is 30.3 Å². The van der Waals surface area contributed by atoms with Crippen LogP contribution in [0.1, 0.15) is 35.6 Å². The summed E-state index contributed by atoms with van der Waals surface area (Å²) < 4.78 is 17.9. The average molecular weight is 316 g/mol. The van der Waals surface area contributed by atoms with Gasteiger partial charge >= 0.3 is 8.60 Å². The summed E-state index contributed by atoms with van der Waals surface area (Å²) in [5.74, 6) is 0.109. The second-order valence-electron chi connectivity index (χ2n) is 5.69. The zero-order chi connectivity index (χ0) is 15.7. The van der Waals surface area contributed by atoms with Crippen molar-refractivity contribution in [2.24, 2.45) is 0 Å². The monoisotopic (exact) mass is 316 g/mol. The minimum absolute atomic E-state index is 0.664. The van der Waals surface area contributed by atoms with Crippen molar-refractivity contribution in [1.29, 1.82) is 0 Å². The largest absolute Gasteiger partial charge is 0.427 e. The Morgan fingerprint density at radius 1 is 1.00 bits per heavy atom. The number of hydrogen-bond donors (Lipinski definition) is 0. The molecule has 1 aliphatic rings. The van der Waals surface area contributed by atoms with Crippen molar-refractivity contribution in [2.45, 2.75) is 39.9 Å². The lowest BCUT2D eigenvalue weighted by molar-refractivity contribution is -0.208. The van der Waals surface area contributed by atoms with Gasteiger partial charge in [-0.05, 0) is 44.0 Å². The summed E-state index contributed by atoms with van der Waals surface area (Å²) in [7, 11) is -1.32. The second-order valence-corrected chi connectivity index (χ2v) is 6.69. The van der Waals surface area contributed by atoms with E-state index in [9.17, 15) is 0 Å². The van der Waals surface area contributed by atoms with E-state index >= 15 is 0 Å². The van der Waals surface area contributed by atoms with Crippen molar-refractivity contribution < 1.29 is 13.6 Å². The molecule has 1 heterocycles. The first-order valence-corrected chi connectivity index (χ1v) is 8.63. The van der Waals surface area contributed by atoms with Gasteiger partial charge in [-0.2, -0.15) is 0 Å². The second kappa shape index (κ2) is 6.00. The van der Waals surface area contributed by atoms with Crippen LogP contribution in [0.25, 0.3) is 0 Å². The number of para-hydroxylation sites is 1. The minimum atomic E-state index is -1.32. The van der Waals surface area contributed by atoms with Gasteiger partial charge in [-0.3, -0.25) is 9.05 Å². The molecule has 0 N–H and O–H groups in total. The molecule has 0 aliphatic carbocycles. The maximum Gasteiger partial charge on any atom is 0.403 e. The van der Waals surface area contributed by atoms with Crippen LogP contribution >= 0.6 is 8.60 Å². The molecule has 3 rings (SSSR count). The summed E-state index contributed by atoms with van der Waals surface area (Å²) in [4.78, 5) is 0. The lowest BCUT2D eigenvalue weighted by atomic mass is 9.92. The summed E-state index contributed by atoms with van der Waals surface area (Å²) in [6.07, 6.45) is 0.759. The third-order valence-electron chi connectivity index (χ3n) is 3.89. The van der Waals surface area contributed by atoms with Crippen LogP contribution in [0.15, 0.2) is 42.5 Å². The Bertz CT molecular complexity index is 640. The Kier molecular flexibility index (Phi) is 4.22. The van der Waals surface area contributed by atoms with Crippen LogP contribution in [0.5, 0.6) is 5.75 Å². The molecule has 1 aliphatic heterocycles. The van der Waals surface area contributed by atoms with Crippen molar-refractivity contribution in [3.8, 4) is 5.75 Å². The molecular weight excluding hydrogens is 295 g/mol. The van der Waals surface area contributed by atoms with Gasteiger partial charge < -0.3 is 4.52 Å². The number of benzene rings is 2. The fraction of sp³-hybridized carbons (Fsp3) is 0.333. The molecule has 3 nitrogen and oxygen atoms in total. The highest BCUT2D eigenvalue weighted by Gasteiger charge is 2.52. The molecular formula is C18H21O3P. The summed E-state index contributed by atoms with van der Waals surface area (Å²) in [6, 6.07) is 14.0. The highest BCUT2D eigenvalue weighted by Crippen LogP contribution is 2.63. The fourth-order valence-corrected chi connectivity index (χ4v) is 4.33. The molecule has 0 aromatic heterocycles. The maximum atomic E-state index is 6.09. The highest BCUT2D eigenvalue weighted by atomic mass is 31.2. The third-order valence-corrected chi connectivity index (χ3v) is 5.14. The van der Waals surface area contributed by atoms with Gasteiger partial charge in [0.1, 0.15) is 5.75 Å². The lowest BCUT2D eigenvalue weighted by Crippen LogP contribution is -2.40. The van der Waals surface area contributed by atoms with Crippen LogP contribution in [-0.4, -0.2) is 0 Å². The first kappa shape index (κ1) is 15.5. The van der Waals surface area contributed by atoms with Crippen LogP contribution in [0.3, 0.4) is 0 Å². The minimum Gasteiger partial charge on any atom is -0.427 e. The molecule has 22 heavy (non-hydrogen) atoms. The van der Waals surface area contributed by atoms with Crippen LogP contribution in [0, 0.1) is 20.8 Å². The molecule has 2 aromatic carbocycles. The van der Waals surface area contributed by atoms with Gasteiger partial charge in [0.05, 0.1) is 0 Å². The quantitative estimate of drug-likeness (QED) is 0.694. The molecule has 0 amide bonds. The van der Waals surface area contributed by atoms with Gasteiger partial charge in [0, 0.05) is 12.0 Å². The zero-order valence-corrected chi connectivity index (χ0v) is 14.3. The first-order valence-electron chi connectivity index (χ1n) is 7.54. The van der Waals surface area contributed by atoms with E-state index in [4.69, 9.17) is 13.6 Å². The van der Waals surface area contributed by atoms with Gasteiger partial charge in [-0.15, -0.1) is 0 Å². The molecule has 1 saturated heterocycles. The van der Waals surface area contributed by atoms with Gasteiger partial charge in [0.25, 0.3) is 0 Å². The first-order chi connectivity index (χ1) is 10.5. The molecule has 116 valence electrons. The Balaban J connectivity index is 1.79. The van der Waals surface area contributed by atoms with E-state index in [1.54, 1.807) is 0 Å². The van der Waals surface area contributed by atoms with Crippen molar-refractivity contribution >= 4 is 8.60 Å². The number of rotatable bonds is 4. The van der Waals surface area contributed by atoms with Gasteiger partial charge in [-0.1, -0.05) is 42.8 Å². The van der Waals surface area contributed by atoms with E-state index in [0.717, 1.165) is 17.7 Å². The number of hydrogen-bond acceptors (Lipinski definition) is 3. The molecule has 0 radical (unpaired) electrons. The Morgan fingerprint density at radius 3 is 2.14 bits per heavy atom. The Hall–Kier alpha value is -1.41. The van der Waals surface area contributed by atoms with E-state index in [0.29, 0.717) is 0 Å². The molecule has 0 bridgehead atoms. The van der Waals surface area contributed by atoms with Crippen LogP contribution < -0.4 is 4.52 Å². The van der Waals surface area contributed by atoms with Gasteiger partial charge in [0.15, 0.2) is 0 Å². The summed E-state index contributed by atoms with van der Waals surface area (Å²) in [6.45, 7) is 8.40. The normalized spacial score (nSPS) is 23.9. The van der Waals surface area contributed by atoms with E-state index in [-0.39, 0.29) is 0 Å². The summed E-state index contributed by atoms with van der Waals surface area (Å²) in [5, 5.41) is 0. The van der Waals surface area contributed by atoms with Crippen LogP contribution in [0.2, 0.25) is 0 Å². The van der Waals surface area contributed by atoms with Crippen molar-refractivity contribution in [2.75, 3.05) is 0 Å². The predicted molar refractivity (Wildman–Crippen MR) is 88.8 cm³/mol. The van der Waals surface area contributed by atoms with E-state index in [1.165, 1.54) is 16.7 Å².